The van der Waals surface area contributed by atoms with Crippen molar-refractivity contribution < 1.29 is 14.3 Å². The highest BCUT2D eigenvalue weighted by Gasteiger charge is 2.25. The van der Waals surface area contributed by atoms with Crippen molar-refractivity contribution in [1.29, 1.82) is 0 Å². The van der Waals surface area contributed by atoms with Gasteiger partial charge in [0.1, 0.15) is 0 Å². The maximum Gasteiger partial charge on any atom is 0.338 e. The van der Waals surface area contributed by atoms with Gasteiger partial charge < -0.3 is 14.6 Å². The first kappa shape index (κ1) is 13.7. The van der Waals surface area contributed by atoms with E-state index < -0.39 is 0 Å². The molecular formula is C16H18N2O3. The number of carbonyl (C=O) groups excluding carboxylic acids is 2. The van der Waals surface area contributed by atoms with Crippen molar-refractivity contribution in [3.8, 4) is 0 Å². The zero-order valence-electron chi connectivity index (χ0n) is 12.2. The average molecular weight is 286 g/mol. The minimum absolute atomic E-state index is 0.101. The number of benzene rings is 1. The topological polar surface area (TPSA) is 62.4 Å². The van der Waals surface area contributed by atoms with Gasteiger partial charge in [-0.05, 0) is 38.0 Å². The van der Waals surface area contributed by atoms with E-state index in [4.69, 9.17) is 4.74 Å². The Morgan fingerprint density at radius 3 is 2.90 bits per heavy atom. The number of ether oxygens (including phenoxy) is 1. The van der Waals surface area contributed by atoms with Crippen molar-refractivity contribution in [2.75, 3.05) is 18.1 Å². The highest BCUT2D eigenvalue weighted by Crippen LogP contribution is 2.32. The summed E-state index contributed by atoms with van der Waals surface area (Å²) in [7, 11) is 0. The van der Waals surface area contributed by atoms with Crippen LogP contribution in [-0.4, -0.2) is 30.0 Å². The Morgan fingerprint density at radius 2 is 2.24 bits per heavy atom. The zero-order chi connectivity index (χ0) is 15.0. The third-order valence-corrected chi connectivity index (χ3v) is 3.85. The summed E-state index contributed by atoms with van der Waals surface area (Å²) in [4.78, 5) is 29.0. The largest absolute Gasteiger partial charge is 0.462 e. The highest BCUT2D eigenvalue weighted by atomic mass is 16.5. The van der Waals surface area contributed by atoms with Crippen molar-refractivity contribution in [1.82, 2.24) is 4.98 Å². The van der Waals surface area contributed by atoms with Crippen LogP contribution in [0.4, 0.5) is 5.69 Å². The molecule has 3 rings (SSSR count). The van der Waals surface area contributed by atoms with E-state index in [0.717, 1.165) is 28.6 Å². The van der Waals surface area contributed by atoms with E-state index in [1.165, 1.54) is 0 Å². The molecule has 0 spiro atoms. The first-order chi connectivity index (χ1) is 10.1. The van der Waals surface area contributed by atoms with E-state index in [1.807, 2.05) is 19.2 Å². The normalized spacial score (nSPS) is 15.0. The number of nitrogens with one attached hydrogen (secondary N) is 1. The van der Waals surface area contributed by atoms with Crippen LogP contribution in [0, 0.1) is 6.92 Å². The maximum absolute atomic E-state index is 12.0. The number of aryl methyl sites for hydroxylation is 1. The summed E-state index contributed by atoms with van der Waals surface area (Å²) in [6.07, 6.45) is 3.30. The maximum atomic E-state index is 12.0. The number of esters is 1. The summed E-state index contributed by atoms with van der Waals surface area (Å²) in [6, 6.07) is 3.57. The SMILES string of the molecule is CCOC(=O)c1cc(N2CCCC2=O)c2[nH]cc(C)c2c1. The molecular weight excluding hydrogens is 268 g/mol. The van der Waals surface area contributed by atoms with E-state index in [9.17, 15) is 9.59 Å². The molecule has 1 aromatic heterocycles. The summed E-state index contributed by atoms with van der Waals surface area (Å²) in [5.41, 5.74) is 3.20. The number of aromatic nitrogens is 1. The Bertz CT molecular complexity index is 718. The monoisotopic (exact) mass is 286 g/mol. The van der Waals surface area contributed by atoms with Gasteiger partial charge in [0.05, 0.1) is 23.4 Å². The fourth-order valence-electron chi connectivity index (χ4n) is 2.80. The van der Waals surface area contributed by atoms with Gasteiger partial charge in [-0.2, -0.15) is 0 Å². The number of amides is 1. The van der Waals surface area contributed by atoms with Gasteiger partial charge in [0.2, 0.25) is 5.91 Å². The van der Waals surface area contributed by atoms with Crippen LogP contribution in [0.1, 0.15) is 35.7 Å². The number of anilines is 1. The first-order valence-electron chi connectivity index (χ1n) is 7.21. The molecule has 110 valence electrons. The lowest BCUT2D eigenvalue weighted by Gasteiger charge is -2.18. The number of H-pyrrole nitrogens is 1. The minimum Gasteiger partial charge on any atom is -0.462 e. The number of hydrogen-bond acceptors (Lipinski definition) is 3. The Kier molecular flexibility index (Phi) is 3.41. The van der Waals surface area contributed by atoms with Gasteiger partial charge in [-0.15, -0.1) is 0 Å². The van der Waals surface area contributed by atoms with Crippen molar-refractivity contribution >= 4 is 28.5 Å². The predicted octanol–water partition coefficient (Wildman–Crippen LogP) is 2.78. The van der Waals surface area contributed by atoms with Crippen LogP contribution >= 0.6 is 0 Å². The predicted molar refractivity (Wildman–Crippen MR) is 80.6 cm³/mol. The van der Waals surface area contributed by atoms with Gasteiger partial charge in [-0.3, -0.25) is 4.79 Å². The molecule has 2 heterocycles. The Labute approximate surface area is 122 Å². The van der Waals surface area contributed by atoms with Crippen LogP contribution in [0.15, 0.2) is 18.3 Å². The number of carbonyl (C=O) groups is 2. The molecule has 5 heteroatoms. The molecule has 5 nitrogen and oxygen atoms in total. The first-order valence-corrected chi connectivity index (χ1v) is 7.21. The van der Waals surface area contributed by atoms with Gasteiger partial charge in [0.25, 0.3) is 0 Å². The van der Waals surface area contributed by atoms with Gasteiger partial charge in [-0.1, -0.05) is 0 Å². The van der Waals surface area contributed by atoms with Crippen LogP contribution in [0.5, 0.6) is 0 Å². The van der Waals surface area contributed by atoms with E-state index in [0.29, 0.717) is 25.1 Å². The lowest BCUT2D eigenvalue weighted by molar-refractivity contribution is -0.117. The number of rotatable bonds is 3. The third-order valence-electron chi connectivity index (χ3n) is 3.85. The fourth-order valence-corrected chi connectivity index (χ4v) is 2.80. The summed E-state index contributed by atoms with van der Waals surface area (Å²) < 4.78 is 5.09. The Balaban J connectivity index is 2.16. The Morgan fingerprint density at radius 1 is 1.43 bits per heavy atom. The molecule has 1 aromatic carbocycles. The van der Waals surface area contributed by atoms with Crippen LogP contribution in [0.2, 0.25) is 0 Å². The molecule has 0 unspecified atom stereocenters. The molecule has 1 saturated heterocycles. The fraction of sp³-hybridized carbons (Fsp3) is 0.375. The van der Waals surface area contributed by atoms with Gasteiger partial charge >= 0.3 is 5.97 Å². The molecule has 1 aliphatic heterocycles. The lowest BCUT2D eigenvalue weighted by atomic mass is 10.1. The second kappa shape index (κ2) is 5.24. The van der Waals surface area contributed by atoms with Gasteiger partial charge in [0.15, 0.2) is 0 Å². The molecule has 0 radical (unpaired) electrons. The van der Waals surface area contributed by atoms with E-state index in [2.05, 4.69) is 4.98 Å². The number of nitrogens with zero attached hydrogens (tertiary/aromatic N) is 1. The van der Waals surface area contributed by atoms with Crippen molar-refractivity contribution in [3.63, 3.8) is 0 Å². The molecule has 1 fully saturated rings. The molecule has 2 aromatic rings. The van der Waals surface area contributed by atoms with Crippen molar-refractivity contribution in [2.24, 2.45) is 0 Å². The minimum atomic E-state index is -0.354. The third kappa shape index (κ3) is 2.28. The van der Waals surface area contributed by atoms with Crippen LogP contribution in [-0.2, 0) is 9.53 Å². The molecule has 0 saturated carbocycles. The smallest absolute Gasteiger partial charge is 0.338 e. The number of hydrogen-bond donors (Lipinski definition) is 1. The van der Waals surface area contributed by atoms with Crippen LogP contribution in [0.3, 0.4) is 0 Å². The van der Waals surface area contributed by atoms with Crippen LogP contribution in [0.25, 0.3) is 10.9 Å². The Hall–Kier alpha value is -2.30. The van der Waals surface area contributed by atoms with Gasteiger partial charge in [-0.25, -0.2) is 4.79 Å². The highest BCUT2D eigenvalue weighted by molar-refractivity contribution is 6.07. The molecule has 0 bridgehead atoms. The van der Waals surface area contributed by atoms with Crippen molar-refractivity contribution in [2.45, 2.75) is 26.7 Å². The van der Waals surface area contributed by atoms with E-state index in [-0.39, 0.29) is 11.9 Å². The van der Waals surface area contributed by atoms with Crippen molar-refractivity contribution in [3.05, 3.63) is 29.5 Å². The summed E-state index contributed by atoms with van der Waals surface area (Å²) in [5, 5.41) is 0.954. The second-order valence-corrected chi connectivity index (χ2v) is 5.26. The molecule has 1 amide bonds. The summed E-state index contributed by atoms with van der Waals surface area (Å²) >= 11 is 0. The summed E-state index contributed by atoms with van der Waals surface area (Å²) in [6.45, 7) is 4.78. The average Bonchev–Trinajstić information content (AvgIpc) is 3.05. The zero-order valence-corrected chi connectivity index (χ0v) is 12.2. The molecule has 0 atom stereocenters. The van der Waals surface area contributed by atoms with Gasteiger partial charge in [0, 0.05) is 24.5 Å². The molecule has 21 heavy (non-hydrogen) atoms. The number of fused-ring (bicyclic) bond motifs is 1. The number of aromatic amines is 1. The lowest BCUT2D eigenvalue weighted by Crippen LogP contribution is -2.24. The van der Waals surface area contributed by atoms with Crippen LogP contribution < -0.4 is 4.90 Å². The summed E-state index contributed by atoms with van der Waals surface area (Å²) in [5.74, 6) is -0.252. The van der Waals surface area contributed by atoms with E-state index in [1.54, 1.807) is 17.9 Å². The molecule has 1 aliphatic rings. The van der Waals surface area contributed by atoms with E-state index >= 15 is 0 Å². The molecule has 1 N–H and O–H groups in total. The standard InChI is InChI=1S/C16H18N2O3/c1-3-21-16(20)11-7-12-10(2)9-17-15(12)13(8-11)18-6-4-5-14(18)19/h7-9,17H,3-6H2,1-2H3. The second-order valence-electron chi connectivity index (χ2n) is 5.26. The molecule has 0 aliphatic carbocycles. The quantitative estimate of drug-likeness (QED) is 0.882.